The number of benzene rings is 3. The van der Waals surface area contributed by atoms with Gasteiger partial charge in [-0.05, 0) is 97.0 Å². The molecule has 3 heteroatoms. The Bertz CT molecular complexity index is 1630. The van der Waals surface area contributed by atoms with Crippen molar-refractivity contribution >= 4 is 5.97 Å². The normalized spacial score (nSPS) is 20.7. The lowest BCUT2D eigenvalue weighted by Gasteiger charge is -2.43. The van der Waals surface area contributed by atoms with Crippen LogP contribution in [0.1, 0.15) is 103 Å². The van der Waals surface area contributed by atoms with Crippen molar-refractivity contribution in [3.05, 3.63) is 125 Å². The van der Waals surface area contributed by atoms with E-state index in [1.54, 1.807) is 6.08 Å². The van der Waals surface area contributed by atoms with Gasteiger partial charge in [0, 0.05) is 5.92 Å². The van der Waals surface area contributed by atoms with Crippen molar-refractivity contribution in [3.8, 4) is 16.9 Å². The molecular formula is C43H52O3. The van der Waals surface area contributed by atoms with E-state index in [1.165, 1.54) is 33.4 Å². The van der Waals surface area contributed by atoms with E-state index < -0.39 is 10.8 Å². The molecule has 4 unspecified atom stereocenters. The summed E-state index contributed by atoms with van der Waals surface area (Å²) in [5, 5.41) is 0. The standard InChI is InChI=1S/C43H52O3/c1-10-26-41(8,12-3)40(44)45-38-24-22-32(28-29(38)5)43(36-20-16-14-18-33(36)34-19-15-17-21-37(34)43)35-23-25-39(31(7)30(35)6)46-42(9,13-4)27-11-2/h12,14-25,28,30-31H,3,10-11,13,26-27H2,1-2,4-9H3. The lowest BCUT2D eigenvalue weighted by atomic mass is 9.61. The number of hydrogen-bond acceptors (Lipinski definition) is 3. The van der Waals surface area contributed by atoms with E-state index >= 15 is 0 Å². The predicted octanol–water partition coefficient (Wildman–Crippen LogP) is 11.3. The lowest BCUT2D eigenvalue weighted by molar-refractivity contribution is -0.142. The summed E-state index contributed by atoms with van der Waals surface area (Å²) < 4.78 is 12.9. The Labute approximate surface area is 277 Å². The maximum absolute atomic E-state index is 13.3. The SMILES string of the molecule is C=CC(C)(CCC)C(=O)Oc1ccc(C2(C3=CC=C(OC(C)(CC)CCC)C(C)C3C)c3ccccc3-c3ccccc32)cc1C. The van der Waals surface area contributed by atoms with E-state index in [9.17, 15) is 4.79 Å². The minimum Gasteiger partial charge on any atom is -0.492 e. The van der Waals surface area contributed by atoms with E-state index in [2.05, 4.69) is 121 Å². The average Bonchev–Trinajstić information content (AvgIpc) is 3.35. The fourth-order valence-corrected chi connectivity index (χ4v) is 7.74. The third-order valence-electron chi connectivity index (χ3n) is 10.9. The maximum Gasteiger partial charge on any atom is 0.321 e. The van der Waals surface area contributed by atoms with Crippen molar-refractivity contribution in [1.29, 1.82) is 0 Å². The second kappa shape index (κ2) is 13.1. The number of fused-ring (bicyclic) bond motifs is 3. The van der Waals surface area contributed by atoms with Crippen LogP contribution in [-0.4, -0.2) is 11.6 Å². The third kappa shape index (κ3) is 5.57. The first-order chi connectivity index (χ1) is 22.0. The zero-order valence-electron chi connectivity index (χ0n) is 29.2. The van der Waals surface area contributed by atoms with Crippen LogP contribution < -0.4 is 4.74 Å². The van der Waals surface area contributed by atoms with E-state index in [-0.39, 0.29) is 23.4 Å². The molecule has 4 atom stereocenters. The molecule has 0 heterocycles. The van der Waals surface area contributed by atoms with Crippen LogP contribution in [0.4, 0.5) is 0 Å². The first-order valence-electron chi connectivity index (χ1n) is 17.3. The van der Waals surface area contributed by atoms with Gasteiger partial charge in [-0.2, -0.15) is 0 Å². The average molecular weight is 617 g/mol. The third-order valence-corrected chi connectivity index (χ3v) is 10.9. The predicted molar refractivity (Wildman–Crippen MR) is 191 cm³/mol. The first kappa shape index (κ1) is 33.5. The Kier molecular flexibility index (Phi) is 9.55. The van der Waals surface area contributed by atoms with Crippen LogP contribution >= 0.6 is 0 Å². The highest BCUT2D eigenvalue weighted by molar-refractivity contribution is 5.86. The van der Waals surface area contributed by atoms with E-state index in [0.717, 1.165) is 37.0 Å². The Balaban J connectivity index is 1.69. The smallest absolute Gasteiger partial charge is 0.321 e. The van der Waals surface area contributed by atoms with Gasteiger partial charge in [0.2, 0.25) is 0 Å². The molecule has 0 aromatic heterocycles. The van der Waals surface area contributed by atoms with Gasteiger partial charge < -0.3 is 9.47 Å². The molecule has 0 amide bonds. The highest BCUT2D eigenvalue weighted by atomic mass is 16.5. The maximum atomic E-state index is 13.3. The van der Waals surface area contributed by atoms with Crippen LogP contribution in [0.15, 0.2) is 103 Å². The van der Waals surface area contributed by atoms with Crippen molar-refractivity contribution in [2.75, 3.05) is 0 Å². The largest absolute Gasteiger partial charge is 0.492 e. The molecule has 0 fully saturated rings. The Morgan fingerprint density at radius 3 is 2.02 bits per heavy atom. The molecule has 0 saturated heterocycles. The summed E-state index contributed by atoms with van der Waals surface area (Å²) >= 11 is 0. The quantitative estimate of drug-likeness (QED) is 0.115. The number of aryl methyl sites for hydroxylation is 1. The monoisotopic (exact) mass is 616 g/mol. The molecule has 2 aliphatic carbocycles. The second-order valence-electron chi connectivity index (χ2n) is 14.0. The molecule has 3 aromatic carbocycles. The van der Waals surface area contributed by atoms with Crippen LogP contribution in [0.3, 0.4) is 0 Å². The molecule has 0 bridgehead atoms. The van der Waals surface area contributed by atoms with Crippen LogP contribution in [-0.2, 0) is 14.9 Å². The summed E-state index contributed by atoms with van der Waals surface area (Å²) in [6, 6.07) is 24.1. The van der Waals surface area contributed by atoms with Crippen LogP contribution in [0, 0.1) is 24.2 Å². The molecule has 0 N–H and O–H groups in total. The summed E-state index contributed by atoms with van der Waals surface area (Å²) in [7, 11) is 0. The van der Waals surface area contributed by atoms with E-state index in [0.29, 0.717) is 12.2 Å². The fraction of sp³-hybridized carbons (Fsp3) is 0.419. The number of allylic oxidation sites excluding steroid dienone is 4. The van der Waals surface area contributed by atoms with Gasteiger partial charge in [0.25, 0.3) is 0 Å². The van der Waals surface area contributed by atoms with Crippen molar-refractivity contribution in [2.45, 2.75) is 98.5 Å². The Morgan fingerprint density at radius 2 is 1.48 bits per heavy atom. The highest BCUT2D eigenvalue weighted by Crippen LogP contribution is 2.59. The van der Waals surface area contributed by atoms with Gasteiger partial charge in [-0.3, -0.25) is 4.79 Å². The topological polar surface area (TPSA) is 35.5 Å². The van der Waals surface area contributed by atoms with Gasteiger partial charge in [0.15, 0.2) is 0 Å². The highest BCUT2D eigenvalue weighted by Gasteiger charge is 2.50. The molecular weight excluding hydrogens is 564 g/mol. The number of ether oxygens (including phenoxy) is 2. The fourth-order valence-electron chi connectivity index (χ4n) is 7.74. The van der Waals surface area contributed by atoms with Crippen molar-refractivity contribution in [1.82, 2.24) is 0 Å². The summed E-state index contributed by atoms with van der Waals surface area (Å²) in [4.78, 5) is 13.3. The van der Waals surface area contributed by atoms with Gasteiger partial charge in [-0.1, -0.05) is 120 Å². The molecule has 0 saturated carbocycles. The Morgan fingerprint density at radius 1 is 0.870 bits per heavy atom. The zero-order chi connectivity index (χ0) is 33.3. The van der Waals surface area contributed by atoms with Gasteiger partial charge in [-0.25, -0.2) is 0 Å². The van der Waals surface area contributed by atoms with Gasteiger partial charge in [0.1, 0.15) is 17.1 Å². The summed E-state index contributed by atoms with van der Waals surface area (Å²) in [6.07, 6.45) is 11.0. The van der Waals surface area contributed by atoms with Crippen LogP contribution in [0.5, 0.6) is 5.75 Å². The van der Waals surface area contributed by atoms with Crippen molar-refractivity contribution in [3.63, 3.8) is 0 Å². The number of hydrogen-bond donors (Lipinski definition) is 0. The second-order valence-corrected chi connectivity index (χ2v) is 14.0. The summed E-state index contributed by atoms with van der Waals surface area (Å²) in [6.45, 7) is 21.3. The van der Waals surface area contributed by atoms with Gasteiger partial charge in [-0.15, -0.1) is 6.58 Å². The molecule has 2 aliphatic rings. The molecule has 242 valence electrons. The van der Waals surface area contributed by atoms with Crippen LogP contribution in [0.2, 0.25) is 0 Å². The lowest BCUT2D eigenvalue weighted by Crippen LogP contribution is -2.37. The molecule has 3 aromatic rings. The van der Waals surface area contributed by atoms with E-state index in [4.69, 9.17) is 9.47 Å². The minimum absolute atomic E-state index is 0.173. The number of rotatable bonds is 12. The van der Waals surface area contributed by atoms with Gasteiger partial charge in [0.05, 0.1) is 10.8 Å². The van der Waals surface area contributed by atoms with Gasteiger partial charge >= 0.3 is 5.97 Å². The molecule has 5 rings (SSSR count). The van der Waals surface area contributed by atoms with Crippen molar-refractivity contribution in [2.24, 2.45) is 17.3 Å². The van der Waals surface area contributed by atoms with Crippen LogP contribution in [0.25, 0.3) is 11.1 Å². The number of carbonyl (C=O) groups is 1. The molecule has 0 radical (unpaired) electrons. The number of esters is 1. The van der Waals surface area contributed by atoms with E-state index in [1.807, 2.05) is 19.9 Å². The number of carbonyl (C=O) groups excluding carboxylic acids is 1. The molecule has 46 heavy (non-hydrogen) atoms. The summed E-state index contributed by atoms with van der Waals surface area (Å²) in [5.41, 5.74) is 7.16. The van der Waals surface area contributed by atoms with Crippen molar-refractivity contribution < 1.29 is 14.3 Å². The molecule has 3 nitrogen and oxygen atoms in total. The molecule has 0 spiro atoms. The molecule has 0 aliphatic heterocycles. The Hall–Kier alpha value is -3.85. The summed E-state index contributed by atoms with van der Waals surface area (Å²) in [5.74, 6) is 1.82. The zero-order valence-corrected chi connectivity index (χ0v) is 29.2. The minimum atomic E-state index is -0.722. The first-order valence-corrected chi connectivity index (χ1v) is 17.3.